The molecule has 0 bridgehead atoms. The minimum Gasteiger partial charge on any atom is -0.349 e. The molecule has 0 radical (unpaired) electrons. The Morgan fingerprint density at radius 1 is 1.42 bits per heavy atom. The van der Waals surface area contributed by atoms with E-state index in [0.29, 0.717) is 23.7 Å². The van der Waals surface area contributed by atoms with Gasteiger partial charge in [0.1, 0.15) is 6.04 Å². The lowest BCUT2D eigenvalue weighted by Crippen LogP contribution is -2.47. The molecule has 0 saturated carbocycles. The normalized spacial score (nSPS) is 17.1. The Hall–Kier alpha value is -1.38. The lowest BCUT2D eigenvalue weighted by Gasteiger charge is -2.23. The second-order valence-electron chi connectivity index (χ2n) is 5.35. The zero-order chi connectivity index (χ0) is 17.1. The van der Waals surface area contributed by atoms with Gasteiger partial charge in [0.2, 0.25) is 5.91 Å². The highest BCUT2D eigenvalue weighted by Gasteiger charge is 2.35. The van der Waals surface area contributed by atoms with Crippen LogP contribution in [-0.2, 0) is 11.3 Å². The molecule has 8 heteroatoms. The summed E-state index contributed by atoms with van der Waals surface area (Å²) in [7, 11) is 0. The van der Waals surface area contributed by atoms with Gasteiger partial charge in [-0.2, -0.15) is 0 Å². The second kappa shape index (κ2) is 7.67. The van der Waals surface area contributed by atoms with Gasteiger partial charge in [-0.1, -0.05) is 12.1 Å². The van der Waals surface area contributed by atoms with Crippen molar-refractivity contribution in [2.75, 3.05) is 11.6 Å². The Morgan fingerprint density at radius 3 is 2.92 bits per heavy atom. The van der Waals surface area contributed by atoms with Gasteiger partial charge in [-0.25, -0.2) is 4.98 Å². The van der Waals surface area contributed by atoms with Crippen LogP contribution < -0.4 is 5.32 Å². The zero-order valence-corrected chi connectivity index (χ0v) is 16.2. The van der Waals surface area contributed by atoms with Crippen molar-refractivity contribution in [1.29, 1.82) is 0 Å². The van der Waals surface area contributed by atoms with Crippen LogP contribution in [-0.4, -0.2) is 39.4 Å². The number of thioether (sulfide) groups is 1. The highest BCUT2D eigenvalue weighted by molar-refractivity contribution is 9.10. The largest absolute Gasteiger partial charge is 0.349 e. The van der Waals surface area contributed by atoms with Crippen molar-refractivity contribution in [1.82, 2.24) is 15.2 Å². The number of thiazole rings is 1. The molecule has 0 aliphatic carbocycles. The second-order valence-corrected chi connectivity index (χ2v) is 8.26. The number of hydrogen-bond donors (Lipinski definition) is 1. The minimum atomic E-state index is -0.450. The first kappa shape index (κ1) is 17.4. The van der Waals surface area contributed by atoms with Gasteiger partial charge >= 0.3 is 0 Å². The monoisotopic (exact) mass is 425 g/mol. The molecule has 1 aromatic heterocycles. The van der Waals surface area contributed by atoms with Crippen molar-refractivity contribution >= 4 is 50.8 Å². The minimum absolute atomic E-state index is 0.128. The summed E-state index contributed by atoms with van der Waals surface area (Å²) < 4.78 is 0.740. The molecule has 5 nitrogen and oxygen atoms in total. The van der Waals surface area contributed by atoms with E-state index in [1.807, 2.05) is 30.5 Å². The lowest BCUT2D eigenvalue weighted by atomic mass is 10.1. The van der Waals surface area contributed by atoms with E-state index in [-0.39, 0.29) is 11.8 Å². The molecule has 126 valence electrons. The van der Waals surface area contributed by atoms with Crippen LogP contribution in [0.15, 0.2) is 34.1 Å². The highest BCUT2D eigenvalue weighted by Crippen LogP contribution is 2.26. The van der Waals surface area contributed by atoms with E-state index in [9.17, 15) is 9.59 Å². The molecule has 1 saturated heterocycles. The van der Waals surface area contributed by atoms with Crippen LogP contribution in [0.25, 0.3) is 0 Å². The Bertz CT molecular complexity index is 765. The van der Waals surface area contributed by atoms with Crippen LogP contribution >= 0.6 is 39.0 Å². The molecule has 3 rings (SSSR count). The summed E-state index contributed by atoms with van der Waals surface area (Å²) in [5.41, 5.74) is 1.42. The van der Waals surface area contributed by atoms with E-state index in [2.05, 4.69) is 26.2 Å². The molecule has 0 unspecified atom stereocenters. The van der Waals surface area contributed by atoms with E-state index in [0.717, 1.165) is 15.2 Å². The summed E-state index contributed by atoms with van der Waals surface area (Å²) in [5, 5.41) is 5.80. The van der Waals surface area contributed by atoms with E-state index < -0.39 is 6.04 Å². The summed E-state index contributed by atoms with van der Waals surface area (Å²) in [6.07, 6.45) is 0. The molecule has 1 aromatic carbocycles. The average molecular weight is 426 g/mol. The molecule has 1 N–H and O–H groups in total. The molecule has 2 heterocycles. The first-order valence-corrected chi connectivity index (χ1v) is 10.2. The van der Waals surface area contributed by atoms with Crippen LogP contribution in [0.3, 0.4) is 0 Å². The van der Waals surface area contributed by atoms with Crippen LogP contribution in [0.1, 0.15) is 21.1 Å². The summed E-state index contributed by atoms with van der Waals surface area (Å²) >= 11 is 6.55. The number of benzene rings is 1. The van der Waals surface area contributed by atoms with Gasteiger partial charge in [0.05, 0.1) is 28.7 Å². The van der Waals surface area contributed by atoms with E-state index in [1.54, 1.807) is 34.1 Å². The summed E-state index contributed by atoms with van der Waals surface area (Å²) in [6.45, 7) is 2.32. The van der Waals surface area contributed by atoms with E-state index in [1.165, 1.54) is 0 Å². The predicted octanol–water partition coefficient (Wildman–Crippen LogP) is 3.05. The van der Waals surface area contributed by atoms with Crippen LogP contribution in [0.2, 0.25) is 0 Å². The molecule has 0 spiro atoms. The van der Waals surface area contributed by atoms with Gasteiger partial charge in [0, 0.05) is 15.6 Å². The average Bonchev–Trinajstić information content (AvgIpc) is 3.21. The molecule has 2 aromatic rings. The SMILES string of the molecule is Cc1nc(CNC(=O)[C@H]2CSCN2C(=O)c2ccccc2Br)cs1. The van der Waals surface area contributed by atoms with Gasteiger partial charge in [-0.3, -0.25) is 9.59 Å². The number of amides is 2. The molecule has 1 atom stereocenters. The van der Waals surface area contributed by atoms with Crippen LogP contribution in [0.5, 0.6) is 0 Å². The van der Waals surface area contributed by atoms with Crippen LogP contribution in [0, 0.1) is 6.92 Å². The third kappa shape index (κ3) is 3.81. The van der Waals surface area contributed by atoms with Crippen LogP contribution in [0.4, 0.5) is 0 Å². The maximum Gasteiger partial charge on any atom is 0.256 e. The summed E-state index contributed by atoms with van der Waals surface area (Å²) in [5.74, 6) is 0.870. The van der Waals surface area contributed by atoms with Gasteiger partial charge in [-0.15, -0.1) is 23.1 Å². The Kier molecular flexibility index (Phi) is 5.57. The Balaban J connectivity index is 1.67. The van der Waals surface area contributed by atoms with Crippen molar-refractivity contribution < 1.29 is 9.59 Å². The van der Waals surface area contributed by atoms with Gasteiger partial charge < -0.3 is 10.2 Å². The first-order chi connectivity index (χ1) is 11.6. The van der Waals surface area contributed by atoms with Gasteiger partial charge in [0.25, 0.3) is 5.91 Å². The fraction of sp³-hybridized carbons (Fsp3) is 0.312. The molecular formula is C16H16BrN3O2S2. The van der Waals surface area contributed by atoms with Crippen molar-refractivity contribution in [3.8, 4) is 0 Å². The topological polar surface area (TPSA) is 62.3 Å². The van der Waals surface area contributed by atoms with Crippen molar-refractivity contribution in [2.24, 2.45) is 0 Å². The number of halogens is 1. The van der Waals surface area contributed by atoms with Crippen molar-refractivity contribution in [3.05, 3.63) is 50.4 Å². The fourth-order valence-corrected chi connectivity index (χ4v) is 4.66. The summed E-state index contributed by atoms with van der Waals surface area (Å²) in [4.78, 5) is 31.2. The maximum atomic E-state index is 12.8. The van der Waals surface area contributed by atoms with Gasteiger partial charge in [0.15, 0.2) is 0 Å². The number of nitrogens with zero attached hydrogens (tertiary/aromatic N) is 2. The number of carbonyl (C=O) groups is 2. The number of aryl methyl sites for hydroxylation is 1. The number of carbonyl (C=O) groups excluding carboxylic acids is 2. The molecule has 1 aliphatic rings. The third-order valence-corrected chi connectivity index (χ3v) is 6.19. The highest BCUT2D eigenvalue weighted by atomic mass is 79.9. The van der Waals surface area contributed by atoms with Gasteiger partial charge in [-0.05, 0) is 35.0 Å². The maximum absolute atomic E-state index is 12.8. The number of nitrogens with one attached hydrogen (secondary N) is 1. The van der Waals surface area contributed by atoms with E-state index in [4.69, 9.17) is 0 Å². The quantitative estimate of drug-likeness (QED) is 0.817. The number of aromatic nitrogens is 1. The molecular weight excluding hydrogens is 410 g/mol. The molecule has 24 heavy (non-hydrogen) atoms. The van der Waals surface area contributed by atoms with Crippen molar-refractivity contribution in [3.63, 3.8) is 0 Å². The zero-order valence-electron chi connectivity index (χ0n) is 13.0. The summed E-state index contributed by atoms with van der Waals surface area (Å²) in [6, 6.07) is 6.83. The predicted molar refractivity (Wildman–Crippen MR) is 100 cm³/mol. The Morgan fingerprint density at radius 2 is 2.21 bits per heavy atom. The molecule has 2 amide bonds. The molecule has 1 fully saturated rings. The fourth-order valence-electron chi connectivity index (χ4n) is 2.43. The number of hydrogen-bond acceptors (Lipinski definition) is 5. The van der Waals surface area contributed by atoms with Crippen molar-refractivity contribution in [2.45, 2.75) is 19.5 Å². The van der Waals surface area contributed by atoms with E-state index >= 15 is 0 Å². The first-order valence-electron chi connectivity index (χ1n) is 7.38. The lowest BCUT2D eigenvalue weighted by molar-refractivity contribution is -0.124. The smallest absolute Gasteiger partial charge is 0.256 e. The number of rotatable bonds is 4. The standard InChI is InChI=1S/C16H16BrN3O2S2/c1-10-19-11(7-24-10)6-18-15(21)14-8-23-9-20(14)16(22)12-4-2-3-5-13(12)17/h2-5,7,14H,6,8-9H2,1H3,(H,18,21)/t14-/m1/s1. The molecule has 1 aliphatic heterocycles. The third-order valence-electron chi connectivity index (χ3n) is 3.66. The Labute approximate surface area is 157 Å².